The summed E-state index contributed by atoms with van der Waals surface area (Å²) in [5.74, 6) is 0.596. The van der Waals surface area contributed by atoms with Crippen LogP contribution in [0.4, 0.5) is 0 Å². The molecule has 0 saturated heterocycles. The van der Waals surface area contributed by atoms with Crippen molar-refractivity contribution in [3.05, 3.63) is 22.7 Å². The number of H-pyrrole nitrogens is 1. The summed E-state index contributed by atoms with van der Waals surface area (Å²) in [6.45, 7) is 3.81. The van der Waals surface area contributed by atoms with Gasteiger partial charge in [-0.15, -0.1) is 10.2 Å². The Balaban J connectivity index is 2.42. The number of aromatic amines is 1. The van der Waals surface area contributed by atoms with Gasteiger partial charge in [0.15, 0.2) is 22.3 Å². The van der Waals surface area contributed by atoms with Crippen molar-refractivity contribution in [3.63, 3.8) is 0 Å². The minimum absolute atomic E-state index is 0.329. The normalized spacial score (nSPS) is 11.2. The number of nitrogens with zero attached hydrogens (tertiary/aromatic N) is 6. The van der Waals surface area contributed by atoms with Gasteiger partial charge in [-0.3, -0.25) is 4.40 Å². The first-order chi connectivity index (χ1) is 8.18. The second-order valence-electron chi connectivity index (χ2n) is 3.61. The molecule has 3 rings (SSSR count). The van der Waals surface area contributed by atoms with Gasteiger partial charge in [-0.25, -0.2) is 4.98 Å². The summed E-state index contributed by atoms with van der Waals surface area (Å²) in [6.07, 6.45) is 1.58. The van der Waals surface area contributed by atoms with Crippen LogP contribution in [0.25, 0.3) is 17.2 Å². The van der Waals surface area contributed by atoms with Gasteiger partial charge in [0.05, 0.1) is 11.9 Å². The monoisotopic (exact) mass is 249 g/mol. The Morgan fingerprint density at radius 3 is 2.82 bits per heavy atom. The Bertz CT molecular complexity index is 685. The third-order valence-electron chi connectivity index (χ3n) is 2.62. The van der Waals surface area contributed by atoms with Crippen LogP contribution in [0.15, 0.2) is 6.20 Å². The van der Waals surface area contributed by atoms with Gasteiger partial charge < -0.3 is 0 Å². The van der Waals surface area contributed by atoms with Crippen molar-refractivity contribution in [2.24, 2.45) is 0 Å². The van der Waals surface area contributed by atoms with Gasteiger partial charge in [0.25, 0.3) is 0 Å². The molecule has 0 radical (unpaired) electrons. The van der Waals surface area contributed by atoms with E-state index in [9.17, 15) is 0 Å². The lowest BCUT2D eigenvalue weighted by molar-refractivity contribution is 0.933. The molecule has 1 N–H and O–H groups in total. The minimum Gasteiger partial charge on any atom is -0.274 e. The molecule has 0 aliphatic carbocycles. The number of fused-ring (bicyclic) bond motifs is 1. The molecule has 0 saturated carbocycles. The Hall–Kier alpha value is -2.02. The Morgan fingerprint density at radius 1 is 1.29 bits per heavy atom. The second-order valence-corrected chi connectivity index (χ2v) is 3.97. The molecule has 0 bridgehead atoms. The summed E-state index contributed by atoms with van der Waals surface area (Å²) in [4.78, 5) is 4.19. The molecule has 7 nitrogen and oxygen atoms in total. The fourth-order valence-corrected chi connectivity index (χ4v) is 1.90. The van der Waals surface area contributed by atoms with Crippen LogP contribution in [-0.2, 0) is 0 Å². The number of nitrogens with one attached hydrogen (secondary N) is 1. The van der Waals surface area contributed by atoms with Crippen molar-refractivity contribution in [1.82, 2.24) is 35.0 Å². The predicted molar refractivity (Wildman–Crippen MR) is 60.6 cm³/mol. The number of halogens is 1. The maximum absolute atomic E-state index is 6.03. The number of rotatable bonds is 1. The molecule has 0 aromatic carbocycles. The highest BCUT2D eigenvalue weighted by Crippen LogP contribution is 2.22. The maximum Gasteiger partial charge on any atom is 0.199 e. The highest BCUT2D eigenvalue weighted by Gasteiger charge is 2.16. The smallest absolute Gasteiger partial charge is 0.199 e. The van der Waals surface area contributed by atoms with Crippen LogP contribution in [0, 0.1) is 13.8 Å². The Morgan fingerprint density at radius 2 is 2.12 bits per heavy atom. The van der Waals surface area contributed by atoms with Gasteiger partial charge in [0, 0.05) is 5.69 Å². The molecule has 0 fully saturated rings. The minimum atomic E-state index is 0.329. The third kappa shape index (κ3) is 1.39. The zero-order valence-corrected chi connectivity index (χ0v) is 9.89. The molecule has 3 aromatic heterocycles. The Labute approximate surface area is 101 Å². The molecule has 0 unspecified atom stereocenters. The summed E-state index contributed by atoms with van der Waals surface area (Å²) in [7, 11) is 0. The van der Waals surface area contributed by atoms with Gasteiger partial charge in [0.1, 0.15) is 0 Å². The predicted octanol–water partition coefficient (Wildman–Crippen LogP) is 1.18. The summed E-state index contributed by atoms with van der Waals surface area (Å²) < 4.78 is 1.82. The molecule has 0 atom stereocenters. The van der Waals surface area contributed by atoms with E-state index < -0.39 is 0 Å². The van der Waals surface area contributed by atoms with Gasteiger partial charge in [0.2, 0.25) is 0 Å². The van der Waals surface area contributed by atoms with Gasteiger partial charge in [-0.2, -0.15) is 15.4 Å². The zero-order chi connectivity index (χ0) is 12.0. The molecule has 86 valence electrons. The molecule has 8 heteroatoms. The molecule has 3 heterocycles. The van der Waals surface area contributed by atoms with E-state index in [1.54, 1.807) is 6.20 Å². The Kier molecular flexibility index (Phi) is 2.08. The summed E-state index contributed by atoms with van der Waals surface area (Å²) in [5.41, 5.74) is 2.88. The van der Waals surface area contributed by atoms with Crippen LogP contribution < -0.4 is 0 Å². The van der Waals surface area contributed by atoms with Crippen LogP contribution in [0.2, 0.25) is 5.15 Å². The zero-order valence-electron chi connectivity index (χ0n) is 9.14. The van der Waals surface area contributed by atoms with E-state index in [2.05, 4.69) is 30.6 Å². The average molecular weight is 250 g/mol. The van der Waals surface area contributed by atoms with E-state index >= 15 is 0 Å². The number of hydrogen-bond acceptors (Lipinski definition) is 5. The molecule has 0 aliphatic rings. The summed E-state index contributed by atoms with van der Waals surface area (Å²) in [5, 5.41) is 18.7. The van der Waals surface area contributed by atoms with E-state index in [-0.39, 0.29) is 0 Å². The number of aryl methyl sites for hydroxylation is 2. The lowest BCUT2D eigenvalue weighted by atomic mass is 10.3. The topological polar surface area (TPSA) is 84.6 Å². The summed E-state index contributed by atoms with van der Waals surface area (Å²) >= 11 is 6.03. The van der Waals surface area contributed by atoms with Gasteiger partial charge >= 0.3 is 0 Å². The van der Waals surface area contributed by atoms with Crippen LogP contribution in [-0.4, -0.2) is 35.0 Å². The SMILES string of the molecule is Cc1nc(Cl)c2nnc(-c3cn[nH]n3)n2c1C. The van der Waals surface area contributed by atoms with Crippen molar-refractivity contribution in [1.29, 1.82) is 0 Å². The molecule has 0 aliphatic heterocycles. The highest BCUT2D eigenvalue weighted by atomic mass is 35.5. The molecule has 17 heavy (non-hydrogen) atoms. The van der Waals surface area contributed by atoms with E-state index in [1.807, 2.05) is 18.2 Å². The first-order valence-electron chi connectivity index (χ1n) is 4.92. The molecular weight excluding hydrogens is 242 g/mol. The van der Waals surface area contributed by atoms with Crippen molar-refractivity contribution in [2.45, 2.75) is 13.8 Å². The van der Waals surface area contributed by atoms with Crippen molar-refractivity contribution >= 4 is 17.2 Å². The highest BCUT2D eigenvalue weighted by molar-refractivity contribution is 6.32. The van der Waals surface area contributed by atoms with E-state index in [0.29, 0.717) is 22.3 Å². The van der Waals surface area contributed by atoms with Gasteiger partial charge in [-0.1, -0.05) is 11.6 Å². The average Bonchev–Trinajstić information content (AvgIpc) is 2.94. The van der Waals surface area contributed by atoms with Crippen LogP contribution in [0.5, 0.6) is 0 Å². The fraction of sp³-hybridized carbons (Fsp3) is 0.222. The van der Waals surface area contributed by atoms with Crippen LogP contribution >= 0.6 is 11.6 Å². The van der Waals surface area contributed by atoms with Crippen molar-refractivity contribution < 1.29 is 0 Å². The van der Waals surface area contributed by atoms with E-state index in [0.717, 1.165) is 11.4 Å². The molecule has 0 spiro atoms. The summed E-state index contributed by atoms with van der Waals surface area (Å²) in [6, 6.07) is 0. The fourth-order valence-electron chi connectivity index (χ4n) is 1.65. The lowest BCUT2D eigenvalue weighted by Crippen LogP contribution is -2.01. The van der Waals surface area contributed by atoms with Gasteiger partial charge in [-0.05, 0) is 13.8 Å². The third-order valence-corrected chi connectivity index (χ3v) is 2.87. The first kappa shape index (κ1) is 10.2. The lowest BCUT2D eigenvalue weighted by Gasteiger charge is -2.05. The molecule has 3 aromatic rings. The standard InChI is InChI=1S/C9H8ClN7/c1-4-5(2)17-8(6-3-11-16-13-6)14-15-9(17)7(10)12-4/h3H,1-2H3,(H,11,13,16). The molecular formula is C9H8ClN7. The first-order valence-corrected chi connectivity index (χ1v) is 5.30. The number of hydrogen-bond donors (Lipinski definition) is 1. The van der Waals surface area contributed by atoms with E-state index in [4.69, 9.17) is 11.6 Å². The van der Waals surface area contributed by atoms with Crippen molar-refractivity contribution in [3.8, 4) is 11.5 Å². The molecule has 0 amide bonds. The quantitative estimate of drug-likeness (QED) is 0.700. The second kappa shape index (κ2) is 3.49. The van der Waals surface area contributed by atoms with E-state index in [1.165, 1.54) is 0 Å². The van der Waals surface area contributed by atoms with Crippen molar-refractivity contribution in [2.75, 3.05) is 0 Å². The largest absolute Gasteiger partial charge is 0.274 e. The maximum atomic E-state index is 6.03. The number of aromatic nitrogens is 7. The van der Waals surface area contributed by atoms with Crippen LogP contribution in [0.1, 0.15) is 11.4 Å². The van der Waals surface area contributed by atoms with Crippen LogP contribution in [0.3, 0.4) is 0 Å².